The Morgan fingerprint density at radius 1 is 1.10 bits per heavy atom. The maximum atomic E-state index is 12.0. The number of carbonyl (C=O) groups is 1. The zero-order valence-electron chi connectivity index (χ0n) is 17.4. The average Bonchev–Trinajstić information content (AvgIpc) is 2.75. The molecule has 0 saturated carbocycles. The van der Waals surface area contributed by atoms with Crippen LogP contribution in [-0.2, 0) is 17.2 Å². The van der Waals surface area contributed by atoms with Gasteiger partial charge in [-0.3, -0.25) is 0 Å². The van der Waals surface area contributed by atoms with Crippen molar-refractivity contribution >= 4 is 17.6 Å². The standard InChI is InChI=1S/C24H31ClNO3/c1-3-21(12-8-9-15-26-18-19-10-6-5-7-11-19)29-22-13-14-23(20(16-22)17-25)24(27)28-4-2/h5-7,10-11,13-14,16,21H,3-4,8-9,12,15,17-18H2,1-2H3/q-1. The normalized spacial score (nSPS) is 11.8. The van der Waals surface area contributed by atoms with E-state index < -0.39 is 0 Å². The summed E-state index contributed by atoms with van der Waals surface area (Å²) < 4.78 is 11.2. The number of esters is 1. The van der Waals surface area contributed by atoms with Crippen molar-refractivity contribution in [2.24, 2.45) is 0 Å². The van der Waals surface area contributed by atoms with Gasteiger partial charge in [0.2, 0.25) is 0 Å². The predicted molar refractivity (Wildman–Crippen MR) is 119 cm³/mol. The number of hydrogen-bond donors (Lipinski definition) is 0. The van der Waals surface area contributed by atoms with Crippen LogP contribution in [0.25, 0.3) is 5.32 Å². The molecule has 0 aromatic heterocycles. The molecule has 0 heterocycles. The average molecular weight is 417 g/mol. The van der Waals surface area contributed by atoms with Gasteiger partial charge >= 0.3 is 5.97 Å². The van der Waals surface area contributed by atoms with E-state index in [0.29, 0.717) is 12.2 Å². The highest BCUT2D eigenvalue weighted by Crippen LogP contribution is 2.23. The van der Waals surface area contributed by atoms with Gasteiger partial charge in [-0.2, -0.15) is 0 Å². The van der Waals surface area contributed by atoms with E-state index in [1.165, 1.54) is 5.56 Å². The van der Waals surface area contributed by atoms with Gasteiger partial charge in [0.25, 0.3) is 0 Å². The molecular formula is C24H31ClNO3-. The van der Waals surface area contributed by atoms with Crippen molar-refractivity contribution < 1.29 is 14.3 Å². The minimum atomic E-state index is -0.346. The maximum absolute atomic E-state index is 12.0. The van der Waals surface area contributed by atoms with Crippen molar-refractivity contribution in [2.75, 3.05) is 13.2 Å². The molecule has 1 atom stereocenters. The summed E-state index contributed by atoms with van der Waals surface area (Å²) in [7, 11) is 0. The molecule has 158 valence electrons. The lowest BCUT2D eigenvalue weighted by Gasteiger charge is -2.21. The summed E-state index contributed by atoms with van der Waals surface area (Å²) in [6.45, 7) is 5.91. The Kier molecular flexibility index (Phi) is 10.6. The molecule has 0 radical (unpaired) electrons. The Balaban J connectivity index is 1.76. The molecule has 2 aromatic carbocycles. The van der Waals surface area contributed by atoms with Crippen molar-refractivity contribution in [2.45, 2.75) is 58.1 Å². The highest BCUT2D eigenvalue weighted by molar-refractivity contribution is 6.17. The highest BCUT2D eigenvalue weighted by atomic mass is 35.5. The Hall–Kier alpha value is -2.04. The predicted octanol–water partition coefficient (Wildman–Crippen LogP) is 6.50. The smallest absolute Gasteiger partial charge is 0.338 e. The van der Waals surface area contributed by atoms with Gasteiger partial charge in [0.15, 0.2) is 0 Å². The summed E-state index contributed by atoms with van der Waals surface area (Å²) >= 11 is 6.02. The van der Waals surface area contributed by atoms with Crippen LogP contribution in [-0.4, -0.2) is 25.2 Å². The molecule has 4 nitrogen and oxygen atoms in total. The first-order chi connectivity index (χ1) is 14.2. The Morgan fingerprint density at radius 3 is 2.59 bits per heavy atom. The van der Waals surface area contributed by atoms with E-state index in [-0.39, 0.29) is 18.0 Å². The van der Waals surface area contributed by atoms with Gasteiger partial charge in [-0.05, 0) is 43.5 Å². The van der Waals surface area contributed by atoms with E-state index >= 15 is 0 Å². The number of rotatable bonds is 13. The van der Waals surface area contributed by atoms with Crippen LogP contribution in [0.15, 0.2) is 48.5 Å². The van der Waals surface area contributed by atoms with Crippen molar-refractivity contribution in [3.63, 3.8) is 0 Å². The van der Waals surface area contributed by atoms with Crippen LogP contribution in [0.5, 0.6) is 5.75 Å². The van der Waals surface area contributed by atoms with E-state index in [1.54, 1.807) is 13.0 Å². The lowest BCUT2D eigenvalue weighted by atomic mass is 10.1. The van der Waals surface area contributed by atoms with Crippen LogP contribution in [0.4, 0.5) is 0 Å². The third-order valence-electron chi connectivity index (χ3n) is 4.70. The number of ether oxygens (including phenoxy) is 2. The summed E-state index contributed by atoms with van der Waals surface area (Å²) in [6, 6.07) is 15.7. The second-order valence-electron chi connectivity index (χ2n) is 6.91. The Morgan fingerprint density at radius 2 is 1.90 bits per heavy atom. The summed E-state index contributed by atoms with van der Waals surface area (Å²) in [5, 5.41) is 4.61. The number of alkyl halides is 1. The van der Waals surface area contributed by atoms with Crippen LogP contribution >= 0.6 is 11.6 Å². The minimum Gasteiger partial charge on any atom is -0.658 e. The number of carbonyl (C=O) groups excluding carboxylic acids is 1. The second-order valence-corrected chi connectivity index (χ2v) is 7.18. The molecule has 0 aliphatic carbocycles. The van der Waals surface area contributed by atoms with Crippen LogP contribution in [0.1, 0.15) is 61.0 Å². The monoisotopic (exact) mass is 416 g/mol. The van der Waals surface area contributed by atoms with Gasteiger partial charge in [0, 0.05) is 5.88 Å². The quantitative estimate of drug-likeness (QED) is 0.212. The number of nitrogens with zero attached hydrogens (tertiary/aromatic N) is 1. The number of unbranched alkanes of at least 4 members (excludes halogenated alkanes) is 1. The molecule has 29 heavy (non-hydrogen) atoms. The van der Waals surface area contributed by atoms with Crippen molar-refractivity contribution in [3.05, 3.63) is 70.5 Å². The molecule has 0 amide bonds. The summed E-state index contributed by atoms with van der Waals surface area (Å²) in [5.74, 6) is 0.640. The molecule has 5 heteroatoms. The molecule has 0 N–H and O–H groups in total. The highest BCUT2D eigenvalue weighted by Gasteiger charge is 2.14. The first-order valence-corrected chi connectivity index (χ1v) is 10.9. The molecule has 2 rings (SSSR count). The number of halogens is 1. The van der Waals surface area contributed by atoms with E-state index in [2.05, 4.69) is 24.4 Å². The van der Waals surface area contributed by atoms with Gasteiger partial charge < -0.3 is 14.8 Å². The molecule has 1 unspecified atom stereocenters. The summed E-state index contributed by atoms with van der Waals surface area (Å²) in [6.07, 6.45) is 4.17. The van der Waals surface area contributed by atoms with Gasteiger partial charge in [-0.1, -0.05) is 55.7 Å². The molecular weight excluding hydrogens is 386 g/mol. The van der Waals surface area contributed by atoms with Gasteiger partial charge in [0.1, 0.15) is 5.75 Å². The summed E-state index contributed by atoms with van der Waals surface area (Å²) in [5.41, 5.74) is 2.49. The number of hydrogen-bond acceptors (Lipinski definition) is 3. The second kappa shape index (κ2) is 13.2. The largest absolute Gasteiger partial charge is 0.658 e. The topological polar surface area (TPSA) is 49.6 Å². The Labute approximate surface area is 179 Å². The van der Waals surface area contributed by atoms with E-state index in [9.17, 15) is 4.79 Å². The van der Waals surface area contributed by atoms with E-state index in [4.69, 9.17) is 21.1 Å². The van der Waals surface area contributed by atoms with E-state index in [1.807, 2.05) is 30.3 Å². The lowest BCUT2D eigenvalue weighted by molar-refractivity contribution is 0.0525. The lowest BCUT2D eigenvalue weighted by Crippen LogP contribution is -2.16. The van der Waals surface area contributed by atoms with Crippen LogP contribution in [0.2, 0.25) is 0 Å². The fourth-order valence-corrected chi connectivity index (χ4v) is 3.31. The third kappa shape index (κ3) is 8.08. The SMILES string of the molecule is CCOC(=O)c1ccc(OC(CC)CCCC[N-]Cc2ccccc2)cc1CCl. The molecule has 0 fully saturated rings. The molecule has 0 spiro atoms. The molecule has 0 bridgehead atoms. The van der Waals surface area contributed by atoms with Crippen LogP contribution < -0.4 is 4.74 Å². The van der Waals surface area contributed by atoms with Gasteiger partial charge in [-0.15, -0.1) is 24.7 Å². The summed E-state index contributed by atoms with van der Waals surface area (Å²) in [4.78, 5) is 12.0. The fraction of sp³-hybridized carbons (Fsp3) is 0.458. The third-order valence-corrected chi connectivity index (χ3v) is 4.99. The van der Waals surface area contributed by atoms with Gasteiger partial charge in [0.05, 0.1) is 18.3 Å². The van der Waals surface area contributed by atoms with E-state index in [0.717, 1.165) is 50.1 Å². The molecule has 2 aromatic rings. The first kappa shape index (κ1) is 23.2. The van der Waals surface area contributed by atoms with Crippen LogP contribution in [0.3, 0.4) is 0 Å². The van der Waals surface area contributed by atoms with Crippen molar-refractivity contribution in [3.8, 4) is 5.75 Å². The zero-order valence-corrected chi connectivity index (χ0v) is 18.2. The number of benzene rings is 2. The molecule has 0 aliphatic heterocycles. The maximum Gasteiger partial charge on any atom is 0.338 e. The van der Waals surface area contributed by atoms with Crippen molar-refractivity contribution in [1.82, 2.24) is 0 Å². The first-order valence-electron chi connectivity index (χ1n) is 10.4. The van der Waals surface area contributed by atoms with Gasteiger partial charge in [-0.25, -0.2) is 4.79 Å². The fourth-order valence-electron chi connectivity index (χ4n) is 3.09. The molecule has 0 saturated heterocycles. The Bertz CT molecular complexity index is 736. The minimum absolute atomic E-state index is 0.140. The zero-order chi connectivity index (χ0) is 20.9. The van der Waals surface area contributed by atoms with Crippen molar-refractivity contribution in [1.29, 1.82) is 0 Å². The van der Waals surface area contributed by atoms with Crippen LogP contribution in [0, 0.1) is 0 Å². The molecule has 0 aliphatic rings.